The van der Waals surface area contributed by atoms with E-state index in [0.29, 0.717) is 6.04 Å². The van der Waals surface area contributed by atoms with Gasteiger partial charge in [0, 0.05) is 11.7 Å². The maximum atomic E-state index is 11.2. The lowest BCUT2D eigenvalue weighted by molar-refractivity contribution is -0.118. The quantitative estimate of drug-likeness (QED) is 0.821. The van der Waals surface area contributed by atoms with Crippen LogP contribution in [0, 0.1) is 0 Å². The van der Waals surface area contributed by atoms with Gasteiger partial charge in [0.1, 0.15) is 5.75 Å². The number of nitrogens with one attached hydrogen (secondary N) is 2. The molecule has 1 amide bonds. The fraction of sp³-hybridized carbons (Fsp3) is 0.417. The Labute approximate surface area is 95.0 Å². The molecule has 1 atom stereocenters. The first-order chi connectivity index (χ1) is 7.69. The summed E-state index contributed by atoms with van der Waals surface area (Å²) in [5.74, 6) is 0.627. The van der Waals surface area contributed by atoms with Crippen LogP contribution in [0.2, 0.25) is 0 Å². The van der Waals surface area contributed by atoms with Gasteiger partial charge in [-0.3, -0.25) is 4.79 Å². The second kappa shape index (κ2) is 4.43. The van der Waals surface area contributed by atoms with Crippen LogP contribution in [0.15, 0.2) is 18.2 Å². The number of hydrogen-bond donors (Lipinski definition) is 2. The lowest BCUT2D eigenvalue weighted by Crippen LogP contribution is -2.25. The summed E-state index contributed by atoms with van der Waals surface area (Å²) < 4.78 is 5.28. The zero-order valence-corrected chi connectivity index (χ0v) is 9.54. The summed E-state index contributed by atoms with van der Waals surface area (Å²) in [4.78, 5) is 11.2. The first kappa shape index (κ1) is 10.8. The van der Waals surface area contributed by atoms with E-state index in [1.165, 1.54) is 0 Å². The van der Waals surface area contributed by atoms with Crippen LogP contribution >= 0.6 is 0 Å². The summed E-state index contributed by atoms with van der Waals surface area (Å²) >= 11 is 0. The molecule has 0 fully saturated rings. The molecule has 1 unspecified atom stereocenters. The number of rotatable bonds is 3. The minimum atomic E-state index is -0.104. The van der Waals surface area contributed by atoms with Crippen molar-refractivity contribution in [2.45, 2.75) is 26.3 Å². The third-order valence-electron chi connectivity index (χ3n) is 2.64. The molecule has 0 aliphatic carbocycles. The van der Waals surface area contributed by atoms with Gasteiger partial charge < -0.3 is 15.4 Å². The molecule has 0 saturated carbocycles. The number of anilines is 2. The van der Waals surface area contributed by atoms with Crippen molar-refractivity contribution >= 4 is 17.3 Å². The highest BCUT2D eigenvalue weighted by Crippen LogP contribution is 2.30. The lowest BCUT2D eigenvalue weighted by Gasteiger charge is -2.20. The molecular weight excluding hydrogens is 204 g/mol. The third-order valence-corrected chi connectivity index (χ3v) is 2.64. The van der Waals surface area contributed by atoms with E-state index < -0.39 is 0 Å². The Hall–Kier alpha value is -1.71. The molecule has 0 aromatic heterocycles. The Morgan fingerprint density at radius 2 is 2.38 bits per heavy atom. The number of hydrogen-bond acceptors (Lipinski definition) is 3. The molecule has 16 heavy (non-hydrogen) atoms. The molecule has 0 spiro atoms. The Balaban J connectivity index is 2.18. The Bertz CT molecular complexity index is 404. The Morgan fingerprint density at radius 1 is 1.56 bits per heavy atom. The number of ether oxygens (including phenoxy) is 1. The van der Waals surface area contributed by atoms with Crippen molar-refractivity contribution < 1.29 is 9.53 Å². The average molecular weight is 220 g/mol. The predicted octanol–water partition coefficient (Wildman–Crippen LogP) is 2.23. The zero-order valence-electron chi connectivity index (χ0n) is 9.54. The van der Waals surface area contributed by atoms with Crippen LogP contribution in [-0.4, -0.2) is 18.6 Å². The second-order valence-electron chi connectivity index (χ2n) is 4.00. The SMILES string of the molecule is CCC(C)Nc1ccc2c(c1)NC(=O)CO2. The molecule has 1 aromatic carbocycles. The van der Waals surface area contributed by atoms with E-state index in [1.807, 2.05) is 18.2 Å². The molecule has 1 aliphatic rings. The molecule has 4 heteroatoms. The highest BCUT2D eigenvalue weighted by atomic mass is 16.5. The fourth-order valence-electron chi connectivity index (χ4n) is 1.56. The van der Waals surface area contributed by atoms with Gasteiger partial charge in [-0.1, -0.05) is 6.92 Å². The van der Waals surface area contributed by atoms with Crippen LogP contribution in [0.25, 0.3) is 0 Å². The Kier molecular flexibility index (Phi) is 2.99. The minimum Gasteiger partial charge on any atom is -0.482 e. The van der Waals surface area contributed by atoms with Crippen molar-refractivity contribution in [1.29, 1.82) is 0 Å². The van der Waals surface area contributed by atoms with E-state index in [1.54, 1.807) is 0 Å². The molecule has 1 heterocycles. The van der Waals surface area contributed by atoms with E-state index in [-0.39, 0.29) is 12.5 Å². The number of amides is 1. The van der Waals surface area contributed by atoms with Crippen molar-refractivity contribution in [1.82, 2.24) is 0 Å². The van der Waals surface area contributed by atoms with Crippen LogP contribution in [0.3, 0.4) is 0 Å². The van der Waals surface area contributed by atoms with Gasteiger partial charge in [-0.15, -0.1) is 0 Å². The maximum absolute atomic E-state index is 11.2. The number of benzene rings is 1. The molecule has 0 saturated heterocycles. The number of carbonyl (C=O) groups is 1. The smallest absolute Gasteiger partial charge is 0.262 e. The van der Waals surface area contributed by atoms with Gasteiger partial charge in [-0.05, 0) is 31.5 Å². The fourth-order valence-corrected chi connectivity index (χ4v) is 1.56. The highest BCUT2D eigenvalue weighted by Gasteiger charge is 2.15. The van der Waals surface area contributed by atoms with E-state index >= 15 is 0 Å². The summed E-state index contributed by atoms with van der Waals surface area (Å²) in [5.41, 5.74) is 1.74. The van der Waals surface area contributed by atoms with Gasteiger partial charge in [-0.25, -0.2) is 0 Å². The summed E-state index contributed by atoms with van der Waals surface area (Å²) in [6.45, 7) is 4.35. The minimum absolute atomic E-state index is 0.102. The molecule has 2 N–H and O–H groups in total. The van der Waals surface area contributed by atoms with Gasteiger partial charge >= 0.3 is 0 Å². The van der Waals surface area contributed by atoms with E-state index in [9.17, 15) is 4.79 Å². The van der Waals surface area contributed by atoms with Gasteiger partial charge in [0.25, 0.3) is 5.91 Å². The average Bonchev–Trinajstić information content (AvgIpc) is 2.28. The zero-order chi connectivity index (χ0) is 11.5. The number of carbonyl (C=O) groups excluding carboxylic acids is 1. The van der Waals surface area contributed by atoms with E-state index in [4.69, 9.17) is 4.74 Å². The molecule has 1 aromatic rings. The van der Waals surface area contributed by atoms with Gasteiger partial charge in [0.15, 0.2) is 6.61 Å². The van der Waals surface area contributed by atoms with Crippen LogP contribution < -0.4 is 15.4 Å². The summed E-state index contributed by atoms with van der Waals surface area (Å²) in [7, 11) is 0. The lowest BCUT2D eigenvalue weighted by atomic mass is 10.2. The summed E-state index contributed by atoms with van der Waals surface area (Å²) in [6, 6.07) is 6.15. The monoisotopic (exact) mass is 220 g/mol. The van der Waals surface area contributed by atoms with Crippen LogP contribution in [0.4, 0.5) is 11.4 Å². The molecule has 2 rings (SSSR count). The number of fused-ring (bicyclic) bond motifs is 1. The largest absolute Gasteiger partial charge is 0.482 e. The van der Waals surface area contributed by atoms with E-state index in [0.717, 1.165) is 23.5 Å². The molecule has 86 valence electrons. The predicted molar refractivity (Wildman–Crippen MR) is 63.9 cm³/mol. The van der Waals surface area contributed by atoms with Gasteiger partial charge in [0.2, 0.25) is 0 Å². The third kappa shape index (κ3) is 2.27. The van der Waals surface area contributed by atoms with Crippen molar-refractivity contribution in [2.75, 3.05) is 17.2 Å². The molecule has 1 aliphatic heterocycles. The van der Waals surface area contributed by atoms with Crippen LogP contribution in [0.5, 0.6) is 5.75 Å². The van der Waals surface area contributed by atoms with Crippen molar-refractivity contribution in [3.8, 4) is 5.75 Å². The molecule has 0 bridgehead atoms. The first-order valence-electron chi connectivity index (χ1n) is 5.52. The topological polar surface area (TPSA) is 50.4 Å². The highest BCUT2D eigenvalue weighted by molar-refractivity contribution is 5.96. The Morgan fingerprint density at radius 3 is 3.12 bits per heavy atom. The molecular formula is C12H16N2O2. The second-order valence-corrected chi connectivity index (χ2v) is 4.00. The summed E-state index contributed by atoms with van der Waals surface area (Å²) in [5, 5.41) is 6.14. The van der Waals surface area contributed by atoms with Gasteiger partial charge in [-0.2, -0.15) is 0 Å². The molecule has 4 nitrogen and oxygen atoms in total. The normalized spacial score (nSPS) is 15.8. The summed E-state index contributed by atoms with van der Waals surface area (Å²) in [6.07, 6.45) is 1.06. The van der Waals surface area contributed by atoms with Gasteiger partial charge in [0.05, 0.1) is 5.69 Å². The first-order valence-corrected chi connectivity index (χ1v) is 5.52. The van der Waals surface area contributed by atoms with Crippen molar-refractivity contribution in [2.24, 2.45) is 0 Å². The standard InChI is InChI=1S/C12H16N2O2/c1-3-8(2)13-9-4-5-11-10(6-9)14-12(15)7-16-11/h4-6,8,13H,3,7H2,1-2H3,(H,14,15). The maximum Gasteiger partial charge on any atom is 0.262 e. The molecule has 0 radical (unpaired) electrons. The van der Waals surface area contributed by atoms with Crippen LogP contribution in [0.1, 0.15) is 20.3 Å². The van der Waals surface area contributed by atoms with Crippen molar-refractivity contribution in [3.63, 3.8) is 0 Å². The van der Waals surface area contributed by atoms with E-state index in [2.05, 4.69) is 24.5 Å². The van der Waals surface area contributed by atoms with Crippen LogP contribution in [-0.2, 0) is 4.79 Å². The van der Waals surface area contributed by atoms with Crippen molar-refractivity contribution in [3.05, 3.63) is 18.2 Å².